The second-order valence-corrected chi connectivity index (χ2v) is 7.77. The maximum atomic E-state index is 9.39. The van der Waals surface area contributed by atoms with Gasteiger partial charge in [-0.3, -0.25) is 4.90 Å². The van der Waals surface area contributed by atoms with Gasteiger partial charge in [0.05, 0.1) is 24.1 Å². The van der Waals surface area contributed by atoms with Crippen LogP contribution in [0.15, 0.2) is 39.4 Å². The van der Waals surface area contributed by atoms with Gasteiger partial charge in [-0.2, -0.15) is 10.2 Å². The molecular weight excluding hydrogens is 368 g/mol. The van der Waals surface area contributed by atoms with E-state index in [1.165, 1.54) is 16.2 Å². The lowest BCUT2D eigenvalue weighted by Crippen LogP contribution is -2.41. The van der Waals surface area contributed by atoms with Crippen molar-refractivity contribution in [2.75, 3.05) is 38.2 Å². The first-order valence-electron chi connectivity index (χ1n) is 8.39. The number of thiophene rings is 2. The average Bonchev–Trinajstić information content (AvgIpc) is 3.44. The van der Waals surface area contributed by atoms with E-state index >= 15 is 0 Å². The van der Waals surface area contributed by atoms with Crippen molar-refractivity contribution < 1.29 is 9.15 Å². The SMILES string of the molecule is N#Cc1nc(-c2cccs2)oc1NC[C@H](c1cccs1)N1CCOCC1. The van der Waals surface area contributed by atoms with E-state index in [1.807, 2.05) is 17.5 Å². The number of ether oxygens (including phenoxy) is 1. The number of nitrogens with zero attached hydrogens (tertiary/aromatic N) is 3. The molecule has 1 N–H and O–H groups in total. The summed E-state index contributed by atoms with van der Waals surface area (Å²) in [4.78, 5) is 8.92. The molecule has 0 aliphatic carbocycles. The molecule has 134 valence electrons. The molecule has 1 aliphatic rings. The Morgan fingerprint density at radius 2 is 2.04 bits per heavy atom. The Balaban J connectivity index is 1.53. The van der Waals surface area contributed by atoms with Crippen LogP contribution < -0.4 is 5.32 Å². The van der Waals surface area contributed by atoms with Crippen LogP contribution in [-0.2, 0) is 4.74 Å². The standard InChI is InChI=1S/C18H18N4O2S2/c19-11-13-17(24-18(21-13)16-4-2-10-26-16)20-12-14(15-3-1-9-25-15)22-5-7-23-8-6-22/h1-4,9-10,14,20H,5-8,12H2/t14-/m1/s1. The molecule has 3 aromatic rings. The molecule has 0 aromatic carbocycles. The third-order valence-corrected chi connectivity index (χ3v) is 6.11. The van der Waals surface area contributed by atoms with E-state index in [4.69, 9.17) is 9.15 Å². The van der Waals surface area contributed by atoms with Gasteiger partial charge in [-0.25, -0.2) is 0 Å². The summed E-state index contributed by atoms with van der Waals surface area (Å²) < 4.78 is 11.3. The summed E-state index contributed by atoms with van der Waals surface area (Å²) in [7, 11) is 0. The summed E-state index contributed by atoms with van der Waals surface area (Å²) in [5.41, 5.74) is 0.292. The highest BCUT2D eigenvalue weighted by Gasteiger charge is 2.24. The van der Waals surface area contributed by atoms with Crippen molar-refractivity contribution in [1.29, 1.82) is 5.26 Å². The minimum absolute atomic E-state index is 0.209. The van der Waals surface area contributed by atoms with E-state index in [9.17, 15) is 5.26 Å². The molecule has 3 aromatic heterocycles. The minimum Gasteiger partial charge on any atom is -0.418 e. The van der Waals surface area contributed by atoms with Crippen LogP contribution >= 0.6 is 22.7 Å². The molecule has 1 atom stereocenters. The molecule has 0 unspecified atom stereocenters. The second kappa shape index (κ2) is 8.01. The normalized spacial score (nSPS) is 16.3. The molecule has 1 saturated heterocycles. The van der Waals surface area contributed by atoms with Gasteiger partial charge in [0.2, 0.25) is 17.5 Å². The topological polar surface area (TPSA) is 74.3 Å². The lowest BCUT2D eigenvalue weighted by molar-refractivity contribution is 0.0193. The number of nitriles is 1. The van der Waals surface area contributed by atoms with Gasteiger partial charge in [-0.05, 0) is 22.9 Å². The molecule has 4 rings (SSSR count). The zero-order chi connectivity index (χ0) is 17.8. The fourth-order valence-electron chi connectivity index (χ4n) is 2.99. The van der Waals surface area contributed by atoms with Crippen molar-refractivity contribution in [2.24, 2.45) is 0 Å². The Morgan fingerprint density at radius 1 is 1.23 bits per heavy atom. The van der Waals surface area contributed by atoms with Crippen molar-refractivity contribution in [1.82, 2.24) is 9.88 Å². The summed E-state index contributed by atoms with van der Waals surface area (Å²) in [6.07, 6.45) is 0. The average molecular weight is 387 g/mol. The number of aromatic nitrogens is 1. The van der Waals surface area contributed by atoms with Crippen molar-refractivity contribution in [3.8, 4) is 16.8 Å². The Bertz CT molecular complexity index is 862. The van der Waals surface area contributed by atoms with Gasteiger partial charge >= 0.3 is 0 Å². The van der Waals surface area contributed by atoms with E-state index in [1.54, 1.807) is 11.3 Å². The Labute approximate surface area is 159 Å². The molecule has 26 heavy (non-hydrogen) atoms. The highest BCUT2D eigenvalue weighted by Crippen LogP contribution is 2.30. The van der Waals surface area contributed by atoms with Gasteiger partial charge in [0, 0.05) is 24.5 Å². The molecule has 0 saturated carbocycles. The monoisotopic (exact) mass is 386 g/mol. The Hall–Kier alpha value is -2.18. The number of oxazole rings is 1. The van der Waals surface area contributed by atoms with Gasteiger partial charge in [0.1, 0.15) is 6.07 Å². The number of anilines is 1. The number of morpholine rings is 1. The molecule has 6 nitrogen and oxygen atoms in total. The number of nitrogens with one attached hydrogen (secondary N) is 1. The third-order valence-electron chi connectivity index (χ3n) is 4.28. The zero-order valence-electron chi connectivity index (χ0n) is 14.1. The van der Waals surface area contributed by atoms with Crippen molar-refractivity contribution in [2.45, 2.75) is 6.04 Å². The summed E-state index contributed by atoms with van der Waals surface area (Å²) in [6, 6.07) is 10.4. The number of rotatable bonds is 6. The molecule has 8 heteroatoms. The molecular formula is C18H18N4O2S2. The van der Waals surface area contributed by atoms with Gasteiger partial charge in [0.25, 0.3) is 0 Å². The predicted octanol–water partition coefficient (Wildman–Crippen LogP) is 3.82. The number of hydrogen-bond donors (Lipinski definition) is 1. The molecule has 4 heterocycles. The van der Waals surface area contributed by atoms with Crippen molar-refractivity contribution in [3.63, 3.8) is 0 Å². The van der Waals surface area contributed by atoms with Crippen LogP contribution in [0.3, 0.4) is 0 Å². The summed E-state index contributed by atoms with van der Waals surface area (Å²) in [5.74, 6) is 0.920. The summed E-state index contributed by atoms with van der Waals surface area (Å²) in [5, 5.41) is 16.8. The van der Waals surface area contributed by atoms with Gasteiger partial charge < -0.3 is 14.5 Å². The van der Waals surface area contributed by atoms with Gasteiger partial charge in [-0.1, -0.05) is 12.1 Å². The summed E-state index contributed by atoms with van der Waals surface area (Å²) in [6.45, 7) is 3.93. The van der Waals surface area contributed by atoms with Gasteiger partial charge in [-0.15, -0.1) is 22.7 Å². The zero-order valence-corrected chi connectivity index (χ0v) is 15.7. The Morgan fingerprint density at radius 3 is 2.73 bits per heavy atom. The van der Waals surface area contributed by atoms with Crippen molar-refractivity contribution >= 4 is 28.6 Å². The minimum atomic E-state index is 0.209. The van der Waals surface area contributed by atoms with Crippen LogP contribution in [0.4, 0.5) is 5.88 Å². The third kappa shape index (κ3) is 3.66. The highest BCUT2D eigenvalue weighted by atomic mass is 32.1. The quantitative estimate of drug-likeness (QED) is 0.694. The molecule has 1 fully saturated rings. The Kier molecular flexibility index (Phi) is 5.32. The van der Waals surface area contributed by atoms with E-state index < -0.39 is 0 Å². The highest BCUT2D eigenvalue weighted by molar-refractivity contribution is 7.13. The first kappa shape index (κ1) is 17.2. The van der Waals surface area contributed by atoms with Crippen molar-refractivity contribution in [3.05, 3.63) is 45.6 Å². The lowest BCUT2D eigenvalue weighted by Gasteiger charge is -2.34. The fourth-order valence-corrected chi connectivity index (χ4v) is 4.50. The predicted molar refractivity (Wildman–Crippen MR) is 102 cm³/mol. The summed E-state index contributed by atoms with van der Waals surface area (Å²) >= 11 is 3.28. The van der Waals surface area contributed by atoms with Crippen LogP contribution in [0, 0.1) is 11.3 Å². The van der Waals surface area contributed by atoms with Crippen LogP contribution in [0.5, 0.6) is 0 Å². The van der Waals surface area contributed by atoms with E-state index in [2.05, 4.69) is 38.8 Å². The molecule has 1 aliphatic heterocycles. The van der Waals surface area contributed by atoms with E-state index in [-0.39, 0.29) is 6.04 Å². The van der Waals surface area contributed by atoms with E-state index in [0.717, 1.165) is 31.2 Å². The second-order valence-electron chi connectivity index (χ2n) is 5.85. The largest absolute Gasteiger partial charge is 0.418 e. The molecule has 0 amide bonds. The van der Waals surface area contributed by atoms with Crippen LogP contribution in [0.2, 0.25) is 0 Å². The van der Waals surface area contributed by atoms with Crippen LogP contribution in [0.1, 0.15) is 16.6 Å². The van der Waals surface area contributed by atoms with Gasteiger partial charge in [0.15, 0.2) is 0 Å². The van der Waals surface area contributed by atoms with Crippen LogP contribution in [-0.4, -0.2) is 42.7 Å². The smallest absolute Gasteiger partial charge is 0.240 e. The molecule has 0 spiro atoms. The molecule has 0 radical (unpaired) electrons. The fraction of sp³-hybridized carbons (Fsp3) is 0.333. The number of hydrogen-bond acceptors (Lipinski definition) is 8. The van der Waals surface area contributed by atoms with E-state index in [0.29, 0.717) is 24.0 Å². The first-order valence-corrected chi connectivity index (χ1v) is 10.1. The maximum Gasteiger partial charge on any atom is 0.240 e. The molecule has 0 bridgehead atoms. The lowest BCUT2D eigenvalue weighted by atomic mass is 10.2. The first-order chi connectivity index (χ1) is 12.8. The maximum absolute atomic E-state index is 9.39. The van der Waals surface area contributed by atoms with Crippen LogP contribution in [0.25, 0.3) is 10.8 Å².